The zero-order valence-corrected chi connectivity index (χ0v) is 8.51. The molecule has 0 saturated carbocycles. The molecule has 0 fully saturated rings. The van der Waals surface area contributed by atoms with Crippen molar-refractivity contribution in [3.8, 4) is 0 Å². The Morgan fingerprint density at radius 3 is 2.24 bits per heavy atom. The lowest BCUT2D eigenvalue weighted by Gasteiger charge is -2.24. The molecular weight excluding hydrogens is 245 g/mol. The molecule has 0 aromatic heterocycles. The highest BCUT2D eigenvalue weighted by Crippen LogP contribution is 2.32. The van der Waals surface area contributed by atoms with Crippen molar-refractivity contribution >= 4 is 0 Å². The van der Waals surface area contributed by atoms with E-state index in [0.29, 0.717) is 6.07 Å². The standard InChI is InChI=1S/C10H10F5NO/c11-5-1-2-6(8(12)3-5)7(4-16)9(17)10(13,14)15/h1-3,7,9,17H,4,16H2. The summed E-state index contributed by atoms with van der Waals surface area (Å²) in [4.78, 5) is 0. The number of hydrogen-bond acceptors (Lipinski definition) is 2. The van der Waals surface area contributed by atoms with Gasteiger partial charge in [0.1, 0.15) is 11.6 Å². The topological polar surface area (TPSA) is 46.2 Å². The van der Waals surface area contributed by atoms with Crippen LogP contribution >= 0.6 is 0 Å². The average Bonchev–Trinajstić information content (AvgIpc) is 2.20. The molecule has 2 unspecified atom stereocenters. The molecule has 7 heteroatoms. The molecule has 17 heavy (non-hydrogen) atoms. The number of alkyl halides is 3. The van der Waals surface area contributed by atoms with E-state index >= 15 is 0 Å². The molecule has 0 saturated heterocycles. The van der Waals surface area contributed by atoms with Gasteiger partial charge in [-0.1, -0.05) is 6.07 Å². The fourth-order valence-corrected chi connectivity index (χ4v) is 1.46. The molecule has 2 nitrogen and oxygen atoms in total. The van der Waals surface area contributed by atoms with Crippen molar-refractivity contribution < 1.29 is 27.1 Å². The van der Waals surface area contributed by atoms with E-state index in [1.165, 1.54) is 0 Å². The van der Waals surface area contributed by atoms with Gasteiger partial charge in [-0.05, 0) is 11.6 Å². The minimum absolute atomic E-state index is 0.446. The number of halogens is 5. The van der Waals surface area contributed by atoms with Gasteiger partial charge in [-0.15, -0.1) is 0 Å². The fraction of sp³-hybridized carbons (Fsp3) is 0.400. The lowest BCUT2D eigenvalue weighted by molar-refractivity contribution is -0.210. The Labute approximate surface area is 93.9 Å². The van der Waals surface area contributed by atoms with Crippen LogP contribution in [-0.2, 0) is 0 Å². The third-order valence-corrected chi connectivity index (χ3v) is 2.33. The predicted octanol–water partition coefficient (Wildman–Crippen LogP) is 1.93. The summed E-state index contributed by atoms with van der Waals surface area (Å²) in [5.41, 5.74) is 4.63. The summed E-state index contributed by atoms with van der Waals surface area (Å²) in [6.07, 6.45) is -7.70. The van der Waals surface area contributed by atoms with E-state index in [2.05, 4.69) is 0 Å². The molecule has 3 N–H and O–H groups in total. The molecule has 1 aromatic rings. The Morgan fingerprint density at radius 1 is 1.24 bits per heavy atom. The highest BCUT2D eigenvalue weighted by molar-refractivity contribution is 5.24. The number of aliphatic hydroxyl groups excluding tert-OH is 1. The van der Waals surface area contributed by atoms with E-state index < -0.39 is 41.9 Å². The van der Waals surface area contributed by atoms with Crippen molar-refractivity contribution in [3.63, 3.8) is 0 Å². The van der Waals surface area contributed by atoms with Crippen LogP contribution in [0.1, 0.15) is 11.5 Å². The number of benzene rings is 1. The monoisotopic (exact) mass is 255 g/mol. The van der Waals surface area contributed by atoms with Crippen LogP contribution in [0.5, 0.6) is 0 Å². The van der Waals surface area contributed by atoms with Gasteiger partial charge in [0.15, 0.2) is 6.10 Å². The molecule has 96 valence electrons. The highest BCUT2D eigenvalue weighted by atomic mass is 19.4. The average molecular weight is 255 g/mol. The summed E-state index contributed by atoms with van der Waals surface area (Å²) in [6.45, 7) is -0.608. The molecule has 0 aliphatic rings. The van der Waals surface area contributed by atoms with Gasteiger partial charge in [-0.25, -0.2) is 8.78 Å². The van der Waals surface area contributed by atoms with Crippen LogP contribution in [0.2, 0.25) is 0 Å². The molecular formula is C10H10F5NO. The number of aliphatic hydroxyl groups is 1. The molecule has 0 radical (unpaired) electrons. The van der Waals surface area contributed by atoms with Gasteiger partial charge in [0, 0.05) is 18.5 Å². The molecule has 2 atom stereocenters. The van der Waals surface area contributed by atoms with Crippen LogP contribution in [0.15, 0.2) is 18.2 Å². The van der Waals surface area contributed by atoms with E-state index in [9.17, 15) is 22.0 Å². The third-order valence-electron chi connectivity index (χ3n) is 2.33. The Kier molecular flexibility index (Phi) is 4.05. The molecule has 0 bridgehead atoms. The van der Waals surface area contributed by atoms with Gasteiger partial charge >= 0.3 is 6.18 Å². The van der Waals surface area contributed by atoms with Crippen molar-refractivity contribution in [3.05, 3.63) is 35.4 Å². The van der Waals surface area contributed by atoms with Crippen molar-refractivity contribution in [2.24, 2.45) is 5.73 Å². The molecule has 0 spiro atoms. The quantitative estimate of drug-likeness (QED) is 0.811. The normalized spacial score (nSPS) is 15.7. The van der Waals surface area contributed by atoms with Crippen LogP contribution in [-0.4, -0.2) is 23.9 Å². The summed E-state index contributed by atoms with van der Waals surface area (Å²) in [5.74, 6) is -3.73. The Balaban J connectivity index is 3.10. The van der Waals surface area contributed by atoms with E-state index in [1.54, 1.807) is 0 Å². The zero-order chi connectivity index (χ0) is 13.2. The first-order valence-electron chi connectivity index (χ1n) is 4.67. The second-order valence-electron chi connectivity index (χ2n) is 3.49. The van der Waals surface area contributed by atoms with Gasteiger partial charge in [-0.3, -0.25) is 0 Å². The van der Waals surface area contributed by atoms with Crippen LogP contribution in [0, 0.1) is 11.6 Å². The molecule has 0 aliphatic carbocycles. The van der Waals surface area contributed by atoms with Crippen LogP contribution in [0.4, 0.5) is 22.0 Å². The van der Waals surface area contributed by atoms with Gasteiger partial charge < -0.3 is 10.8 Å². The summed E-state index contributed by atoms with van der Waals surface area (Å²) in [5, 5.41) is 9.03. The number of hydrogen-bond donors (Lipinski definition) is 2. The first-order valence-corrected chi connectivity index (χ1v) is 4.67. The van der Waals surface area contributed by atoms with Gasteiger partial charge in [-0.2, -0.15) is 13.2 Å². The SMILES string of the molecule is NCC(c1ccc(F)cc1F)C(O)C(F)(F)F. The number of rotatable bonds is 3. The minimum Gasteiger partial charge on any atom is -0.383 e. The smallest absolute Gasteiger partial charge is 0.383 e. The van der Waals surface area contributed by atoms with Crippen LogP contribution in [0.25, 0.3) is 0 Å². The second kappa shape index (κ2) is 4.97. The summed E-state index contributed by atoms with van der Waals surface area (Å²) < 4.78 is 62.7. The molecule has 1 rings (SSSR count). The van der Waals surface area contributed by atoms with E-state index in [-0.39, 0.29) is 0 Å². The second-order valence-corrected chi connectivity index (χ2v) is 3.49. The van der Waals surface area contributed by atoms with E-state index in [0.717, 1.165) is 12.1 Å². The van der Waals surface area contributed by atoms with Crippen LogP contribution < -0.4 is 5.73 Å². The van der Waals surface area contributed by atoms with Crippen molar-refractivity contribution in [1.82, 2.24) is 0 Å². The molecule has 1 aromatic carbocycles. The maximum atomic E-state index is 13.3. The summed E-state index contributed by atoms with van der Waals surface area (Å²) in [6, 6.07) is 2.10. The lowest BCUT2D eigenvalue weighted by Crippen LogP contribution is -2.38. The lowest BCUT2D eigenvalue weighted by atomic mass is 9.92. The predicted molar refractivity (Wildman–Crippen MR) is 50.2 cm³/mol. The largest absolute Gasteiger partial charge is 0.414 e. The Hall–Kier alpha value is -1.21. The number of nitrogens with two attached hydrogens (primary N) is 1. The van der Waals surface area contributed by atoms with E-state index in [4.69, 9.17) is 10.8 Å². The van der Waals surface area contributed by atoms with Gasteiger partial charge in [0.2, 0.25) is 0 Å². The first kappa shape index (κ1) is 13.9. The molecule has 0 aliphatic heterocycles. The van der Waals surface area contributed by atoms with Crippen molar-refractivity contribution in [2.75, 3.05) is 6.54 Å². The maximum absolute atomic E-state index is 13.3. The fourth-order valence-electron chi connectivity index (χ4n) is 1.46. The first-order chi connectivity index (χ1) is 7.77. The minimum atomic E-state index is -4.91. The molecule has 0 heterocycles. The summed E-state index contributed by atoms with van der Waals surface area (Å²) >= 11 is 0. The Morgan fingerprint density at radius 2 is 1.82 bits per heavy atom. The highest BCUT2D eigenvalue weighted by Gasteiger charge is 2.44. The van der Waals surface area contributed by atoms with Gasteiger partial charge in [0.25, 0.3) is 0 Å². The van der Waals surface area contributed by atoms with Gasteiger partial charge in [0.05, 0.1) is 0 Å². The van der Waals surface area contributed by atoms with Crippen molar-refractivity contribution in [2.45, 2.75) is 18.2 Å². The zero-order valence-electron chi connectivity index (χ0n) is 8.51. The Bertz CT molecular complexity index is 393. The maximum Gasteiger partial charge on any atom is 0.414 e. The van der Waals surface area contributed by atoms with E-state index in [1.807, 2.05) is 0 Å². The van der Waals surface area contributed by atoms with Crippen molar-refractivity contribution in [1.29, 1.82) is 0 Å². The summed E-state index contributed by atoms with van der Waals surface area (Å²) in [7, 11) is 0. The van der Waals surface area contributed by atoms with Crippen LogP contribution in [0.3, 0.4) is 0 Å². The molecule has 0 amide bonds. The third kappa shape index (κ3) is 3.13.